The molecule has 0 bridgehead atoms. The molecule has 4 nitrogen and oxygen atoms in total. The largest absolute Gasteiger partial charge is 0.493 e. The third kappa shape index (κ3) is 2.07. The average molecular weight is 195 g/mol. The fourth-order valence-electron chi connectivity index (χ4n) is 1.85. The number of aromatic nitrogens is 2. The molecular formula is C10H17N3O. The summed E-state index contributed by atoms with van der Waals surface area (Å²) in [6.45, 7) is 2.15. The van der Waals surface area contributed by atoms with Gasteiger partial charge in [0.2, 0.25) is 0 Å². The lowest BCUT2D eigenvalue weighted by atomic mass is 10.1. The number of rotatable bonds is 2. The van der Waals surface area contributed by atoms with Crippen molar-refractivity contribution in [3.8, 4) is 5.75 Å². The van der Waals surface area contributed by atoms with Gasteiger partial charge < -0.3 is 10.1 Å². The predicted octanol–water partition coefficient (Wildman–Crippen LogP) is 1.21. The van der Waals surface area contributed by atoms with Crippen LogP contribution in [0.4, 0.5) is 0 Å². The smallest absolute Gasteiger partial charge is 0.156 e. The Bertz CT molecular complexity index is 277. The lowest BCUT2D eigenvalue weighted by Crippen LogP contribution is -2.23. The Morgan fingerprint density at radius 1 is 1.57 bits per heavy atom. The standard InChI is InChI=1S/C10H17N3O/c1-14-10-7-12-13(8-10)9-4-2-3-5-11-6-9/h7-9,11H,2-6H2,1H3. The first-order valence-electron chi connectivity index (χ1n) is 5.19. The molecule has 1 N–H and O–H groups in total. The molecule has 78 valence electrons. The summed E-state index contributed by atoms with van der Waals surface area (Å²) in [4.78, 5) is 0. The maximum Gasteiger partial charge on any atom is 0.156 e. The van der Waals surface area contributed by atoms with Crippen molar-refractivity contribution in [1.29, 1.82) is 0 Å². The van der Waals surface area contributed by atoms with E-state index >= 15 is 0 Å². The third-order valence-electron chi connectivity index (χ3n) is 2.71. The third-order valence-corrected chi connectivity index (χ3v) is 2.71. The van der Waals surface area contributed by atoms with E-state index in [1.54, 1.807) is 13.3 Å². The predicted molar refractivity (Wildman–Crippen MR) is 54.5 cm³/mol. The van der Waals surface area contributed by atoms with Crippen LogP contribution in [0.3, 0.4) is 0 Å². The normalized spacial score (nSPS) is 23.1. The van der Waals surface area contributed by atoms with Crippen LogP contribution in [0.15, 0.2) is 12.4 Å². The lowest BCUT2D eigenvalue weighted by Gasteiger charge is -2.14. The van der Waals surface area contributed by atoms with Crippen LogP contribution in [-0.2, 0) is 0 Å². The van der Waals surface area contributed by atoms with Crippen molar-refractivity contribution < 1.29 is 4.74 Å². The van der Waals surface area contributed by atoms with E-state index in [0.717, 1.165) is 18.8 Å². The van der Waals surface area contributed by atoms with Gasteiger partial charge in [-0.25, -0.2) is 0 Å². The number of hydrogen-bond acceptors (Lipinski definition) is 3. The number of nitrogens with one attached hydrogen (secondary N) is 1. The Kier molecular flexibility index (Phi) is 3.03. The van der Waals surface area contributed by atoms with Gasteiger partial charge in [-0.1, -0.05) is 6.42 Å². The zero-order chi connectivity index (χ0) is 9.80. The van der Waals surface area contributed by atoms with Gasteiger partial charge in [-0.2, -0.15) is 5.10 Å². The molecule has 2 heterocycles. The van der Waals surface area contributed by atoms with E-state index in [-0.39, 0.29) is 0 Å². The molecule has 1 unspecified atom stereocenters. The van der Waals surface area contributed by atoms with Crippen molar-refractivity contribution in [3.05, 3.63) is 12.4 Å². The Hall–Kier alpha value is -1.03. The fraction of sp³-hybridized carbons (Fsp3) is 0.700. The molecule has 1 aromatic heterocycles. The van der Waals surface area contributed by atoms with Gasteiger partial charge in [-0.3, -0.25) is 4.68 Å². The van der Waals surface area contributed by atoms with Crippen molar-refractivity contribution in [2.24, 2.45) is 0 Å². The second-order valence-electron chi connectivity index (χ2n) is 3.71. The van der Waals surface area contributed by atoms with Gasteiger partial charge in [0, 0.05) is 6.54 Å². The van der Waals surface area contributed by atoms with Crippen molar-refractivity contribution >= 4 is 0 Å². The van der Waals surface area contributed by atoms with Gasteiger partial charge in [0.25, 0.3) is 0 Å². The van der Waals surface area contributed by atoms with E-state index in [9.17, 15) is 0 Å². The molecule has 14 heavy (non-hydrogen) atoms. The molecular weight excluding hydrogens is 178 g/mol. The fourth-order valence-corrected chi connectivity index (χ4v) is 1.85. The zero-order valence-electron chi connectivity index (χ0n) is 8.57. The second kappa shape index (κ2) is 4.46. The molecule has 0 aromatic carbocycles. The minimum atomic E-state index is 0.487. The van der Waals surface area contributed by atoms with Gasteiger partial charge in [-0.05, 0) is 19.4 Å². The van der Waals surface area contributed by atoms with E-state index in [4.69, 9.17) is 4.74 Å². The van der Waals surface area contributed by atoms with Gasteiger partial charge in [-0.15, -0.1) is 0 Å². The van der Waals surface area contributed by atoms with Crippen LogP contribution in [0.1, 0.15) is 25.3 Å². The molecule has 1 aliphatic heterocycles. The summed E-state index contributed by atoms with van der Waals surface area (Å²) in [7, 11) is 1.67. The average Bonchev–Trinajstić information content (AvgIpc) is 2.53. The highest BCUT2D eigenvalue weighted by Crippen LogP contribution is 2.18. The summed E-state index contributed by atoms with van der Waals surface area (Å²) in [5.41, 5.74) is 0. The monoisotopic (exact) mass is 195 g/mol. The lowest BCUT2D eigenvalue weighted by molar-refractivity contribution is 0.402. The number of hydrogen-bond donors (Lipinski definition) is 1. The topological polar surface area (TPSA) is 39.1 Å². The summed E-state index contributed by atoms with van der Waals surface area (Å²) in [5, 5.41) is 7.73. The Morgan fingerprint density at radius 2 is 2.50 bits per heavy atom. The Labute approximate surface area is 84.3 Å². The van der Waals surface area contributed by atoms with E-state index in [0.29, 0.717) is 6.04 Å². The quantitative estimate of drug-likeness (QED) is 0.771. The maximum absolute atomic E-state index is 5.11. The molecule has 1 aliphatic rings. The summed E-state index contributed by atoms with van der Waals surface area (Å²) in [5.74, 6) is 0.842. The molecule has 0 amide bonds. The van der Waals surface area contributed by atoms with E-state index in [1.165, 1.54) is 19.3 Å². The first-order chi connectivity index (χ1) is 6.90. The van der Waals surface area contributed by atoms with Gasteiger partial charge >= 0.3 is 0 Å². The van der Waals surface area contributed by atoms with Crippen LogP contribution < -0.4 is 10.1 Å². The van der Waals surface area contributed by atoms with Gasteiger partial charge in [0.05, 0.1) is 25.5 Å². The van der Waals surface area contributed by atoms with Crippen molar-refractivity contribution in [3.63, 3.8) is 0 Å². The molecule has 1 aromatic rings. The summed E-state index contributed by atoms with van der Waals surface area (Å²) < 4.78 is 7.12. The molecule has 1 fully saturated rings. The van der Waals surface area contributed by atoms with Crippen LogP contribution in [0.25, 0.3) is 0 Å². The van der Waals surface area contributed by atoms with E-state index < -0.39 is 0 Å². The van der Waals surface area contributed by atoms with Crippen LogP contribution in [0.5, 0.6) is 5.75 Å². The summed E-state index contributed by atoms with van der Waals surface area (Å²) >= 11 is 0. The van der Waals surface area contributed by atoms with Crippen molar-refractivity contribution in [1.82, 2.24) is 15.1 Å². The number of methoxy groups -OCH3 is 1. The van der Waals surface area contributed by atoms with Crippen LogP contribution in [-0.4, -0.2) is 30.0 Å². The Balaban J connectivity index is 2.04. The molecule has 0 saturated carbocycles. The van der Waals surface area contributed by atoms with E-state index in [2.05, 4.69) is 10.4 Å². The zero-order valence-corrected chi connectivity index (χ0v) is 8.57. The molecule has 1 saturated heterocycles. The minimum absolute atomic E-state index is 0.487. The highest BCUT2D eigenvalue weighted by atomic mass is 16.5. The molecule has 0 aliphatic carbocycles. The molecule has 0 spiro atoms. The van der Waals surface area contributed by atoms with Crippen molar-refractivity contribution in [2.45, 2.75) is 25.3 Å². The first kappa shape index (κ1) is 9.52. The van der Waals surface area contributed by atoms with Crippen LogP contribution >= 0.6 is 0 Å². The highest BCUT2D eigenvalue weighted by Gasteiger charge is 2.14. The second-order valence-corrected chi connectivity index (χ2v) is 3.71. The van der Waals surface area contributed by atoms with Crippen LogP contribution in [0, 0.1) is 0 Å². The molecule has 0 radical (unpaired) electrons. The number of nitrogens with zero attached hydrogens (tertiary/aromatic N) is 2. The van der Waals surface area contributed by atoms with Crippen molar-refractivity contribution in [2.75, 3.05) is 20.2 Å². The summed E-state index contributed by atoms with van der Waals surface area (Å²) in [6.07, 6.45) is 7.50. The number of ether oxygens (including phenoxy) is 1. The Morgan fingerprint density at radius 3 is 3.29 bits per heavy atom. The van der Waals surface area contributed by atoms with Gasteiger partial charge in [0.15, 0.2) is 5.75 Å². The van der Waals surface area contributed by atoms with Gasteiger partial charge in [0.1, 0.15) is 0 Å². The SMILES string of the molecule is COc1cnn(C2CCCCNC2)c1. The first-order valence-corrected chi connectivity index (χ1v) is 5.19. The minimum Gasteiger partial charge on any atom is -0.493 e. The highest BCUT2D eigenvalue weighted by molar-refractivity contribution is 5.11. The maximum atomic E-state index is 5.11. The molecule has 1 atom stereocenters. The van der Waals surface area contributed by atoms with Crippen LogP contribution in [0.2, 0.25) is 0 Å². The molecule has 4 heteroatoms. The van der Waals surface area contributed by atoms with E-state index in [1.807, 2.05) is 10.9 Å². The summed E-state index contributed by atoms with van der Waals surface area (Å²) in [6, 6.07) is 0.487. The molecule has 2 rings (SSSR count).